The lowest BCUT2D eigenvalue weighted by molar-refractivity contribution is 0.149. The van der Waals surface area contributed by atoms with E-state index in [-0.39, 0.29) is 0 Å². The topological polar surface area (TPSA) is 47.0 Å². The third-order valence-electron chi connectivity index (χ3n) is 2.61. The van der Waals surface area contributed by atoms with E-state index in [1.54, 1.807) is 0 Å². The Balaban J connectivity index is 1.74. The Morgan fingerprint density at radius 3 is 2.75 bits per heavy atom. The van der Waals surface area contributed by atoms with Crippen LogP contribution in [-0.2, 0) is 17.7 Å². The molecule has 1 heterocycles. The average molecular weight is 221 g/mol. The fourth-order valence-electron chi connectivity index (χ4n) is 1.46. The molecule has 0 radical (unpaired) electrons. The van der Waals surface area contributed by atoms with Crippen molar-refractivity contribution >= 4 is 0 Å². The number of rotatable bonds is 7. The van der Waals surface area contributed by atoms with E-state index in [1.165, 1.54) is 12.8 Å². The lowest BCUT2D eigenvalue weighted by Gasteiger charge is -2.04. The van der Waals surface area contributed by atoms with Crippen LogP contribution in [0.1, 0.15) is 31.2 Å². The first-order valence-electron chi connectivity index (χ1n) is 5.99. The molecule has 0 unspecified atom stereocenters. The molecule has 1 saturated carbocycles. The van der Waals surface area contributed by atoms with E-state index in [0.29, 0.717) is 6.61 Å². The zero-order chi connectivity index (χ0) is 11.2. The van der Waals surface area contributed by atoms with Gasteiger partial charge in [0.2, 0.25) is 0 Å². The van der Waals surface area contributed by atoms with Crippen LogP contribution in [0, 0.1) is 0 Å². The van der Waals surface area contributed by atoms with E-state index in [0.717, 1.165) is 37.0 Å². The van der Waals surface area contributed by atoms with Gasteiger partial charge >= 0.3 is 0 Å². The molecule has 0 aliphatic heterocycles. The largest absolute Gasteiger partial charge is 0.381 e. The number of hydrogen-bond acceptors (Lipinski definition) is 4. The molecule has 16 heavy (non-hydrogen) atoms. The molecule has 4 nitrogen and oxygen atoms in total. The summed E-state index contributed by atoms with van der Waals surface area (Å²) in [5.74, 6) is 0.864. The first kappa shape index (κ1) is 11.5. The molecule has 2 rings (SSSR count). The summed E-state index contributed by atoms with van der Waals surface area (Å²) in [5, 5.41) is 3.44. The van der Waals surface area contributed by atoms with Crippen molar-refractivity contribution in [3.63, 3.8) is 0 Å². The molecular formula is C12H19N3O. The number of nitrogens with one attached hydrogen (secondary N) is 1. The van der Waals surface area contributed by atoms with Crippen molar-refractivity contribution in [2.24, 2.45) is 0 Å². The zero-order valence-electron chi connectivity index (χ0n) is 9.78. The molecular weight excluding hydrogens is 202 g/mol. The van der Waals surface area contributed by atoms with Crippen LogP contribution in [-0.4, -0.2) is 29.2 Å². The average Bonchev–Trinajstić information content (AvgIpc) is 3.12. The van der Waals surface area contributed by atoms with E-state index in [1.807, 2.05) is 19.3 Å². The monoisotopic (exact) mass is 221 g/mol. The maximum absolute atomic E-state index is 5.26. The van der Waals surface area contributed by atoms with Gasteiger partial charge in [-0.1, -0.05) is 0 Å². The van der Waals surface area contributed by atoms with E-state index in [2.05, 4.69) is 15.3 Å². The minimum atomic E-state index is 0.705. The fraction of sp³-hybridized carbons (Fsp3) is 0.667. The second-order valence-corrected chi connectivity index (χ2v) is 4.11. The predicted octanol–water partition coefficient (Wildman–Crippen LogP) is 1.31. The molecule has 1 aromatic heterocycles. The molecule has 0 atom stereocenters. The quantitative estimate of drug-likeness (QED) is 0.705. The molecule has 0 bridgehead atoms. The molecule has 1 fully saturated rings. The number of nitrogens with zero attached hydrogens (tertiary/aromatic N) is 2. The summed E-state index contributed by atoms with van der Waals surface area (Å²) in [6, 6.07) is 0.734. The van der Waals surface area contributed by atoms with Gasteiger partial charge in [-0.25, -0.2) is 9.97 Å². The van der Waals surface area contributed by atoms with Crippen molar-refractivity contribution in [2.75, 3.05) is 13.2 Å². The van der Waals surface area contributed by atoms with Crippen molar-refractivity contribution in [2.45, 2.75) is 38.8 Å². The van der Waals surface area contributed by atoms with Crippen LogP contribution in [0.25, 0.3) is 0 Å². The summed E-state index contributed by atoms with van der Waals surface area (Å²) < 4.78 is 5.26. The first-order chi connectivity index (χ1) is 7.88. The fourth-order valence-corrected chi connectivity index (χ4v) is 1.46. The minimum Gasteiger partial charge on any atom is -0.381 e. The van der Waals surface area contributed by atoms with Crippen molar-refractivity contribution in [3.8, 4) is 0 Å². The van der Waals surface area contributed by atoms with E-state index < -0.39 is 0 Å². The first-order valence-corrected chi connectivity index (χ1v) is 5.99. The van der Waals surface area contributed by atoms with Crippen molar-refractivity contribution < 1.29 is 4.74 Å². The molecule has 0 aromatic carbocycles. The lowest BCUT2D eigenvalue weighted by Crippen LogP contribution is -2.15. The van der Waals surface area contributed by atoms with Gasteiger partial charge in [0.15, 0.2) is 0 Å². The highest BCUT2D eigenvalue weighted by Crippen LogP contribution is 2.18. The summed E-state index contributed by atoms with van der Waals surface area (Å²) >= 11 is 0. The maximum atomic E-state index is 5.26. The molecule has 1 N–H and O–H groups in total. The van der Waals surface area contributed by atoms with Crippen LogP contribution in [0.5, 0.6) is 0 Å². The summed E-state index contributed by atoms with van der Waals surface area (Å²) in [6.45, 7) is 4.34. The normalized spacial score (nSPS) is 15.3. The van der Waals surface area contributed by atoms with Gasteiger partial charge in [0, 0.05) is 43.6 Å². The zero-order valence-corrected chi connectivity index (χ0v) is 9.78. The molecule has 0 spiro atoms. The van der Waals surface area contributed by atoms with E-state index >= 15 is 0 Å². The van der Waals surface area contributed by atoms with Crippen molar-refractivity contribution in [3.05, 3.63) is 23.8 Å². The highest BCUT2D eigenvalue weighted by atomic mass is 16.5. The second-order valence-electron chi connectivity index (χ2n) is 4.11. The SMILES string of the molecule is CCOCCc1ncc(CNC2CC2)cn1. The van der Waals surface area contributed by atoms with Crippen LogP contribution in [0.15, 0.2) is 12.4 Å². The van der Waals surface area contributed by atoms with Crippen LogP contribution in [0.2, 0.25) is 0 Å². The van der Waals surface area contributed by atoms with Gasteiger partial charge in [-0.3, -0.25) is 0 Å². The van der Waals surface area contributed by atoms with Crippen LogP contribution < -0.4 is 5.32 Å². The Morgan fingerprint density at radius 2 is 2.12 bits per heavy atom. The van der Waals surface area contributed by atoms with Gasteiger partial charge in [0.05, 0.1) is 6.61 Å². The Bertz CT molecular complexity index is 309. The molecule has 88 valence electrons. The molecule has 4 heteroatoms. The van der Waals surface area contributed by atoms with Crippen LogP contribution in [0.3, 0.4) is 0 Å². The van der Waals surface area contributed by atoms with Crippen molar-refractivity contribution in [1.82, 2.24) is 15.3 Å². The third-order valence-corrected chi connectivity index (χ3v) is 2.61. The standard InChI is InChI=1S/C12H19N3O/c1-2-16-6-5-12-14-8-10(9-15-12)7-13-11-3-4-11/h8-9,11,13H,2-7H2,1H3. The van der Waals surface area contributed by atoms with E-state index in [4.69, 9.17) is 4.74 Å². The molecule has 0 saturated heterocycles. The highest BCUT2D eigenvalue weighted by molar-refractivity contribution is 5.05. The summed E-state index contributed by atoms with van der Waals surface area (Å²) in [5.41, 5.74) is 1.16. The summed E-state index contributed by atoms with van der Waals surface area (Å²) in [7, 11) is 0. The Morgan fingerprint density at radius 1 is 1.38 bits per heavy atom. The van der Waals surface area contributed by atoms with Gasteiger partial charge in [-0.05, 0) is 19.8 Å². The van der Waals surface area contributed by atoms with Crippen molar-refractivity contribution in [1.29, 1.82) is 0 Å². The third kappa shape index (κ3) is 3.87. The van der Waals surface area contributed by atoms with Crippen LogP contribution in [0.4, 0.5) is 0 Å². The summed E-state index contributed by atoms with van der Waals surface area (Å²) in [4.78, 5) is 8.64. The minimum absolute atomic E-state index is 0.705. The maximum Gasteiger partial charge on any atom is 0.130 e. The lowest BCUT2D eigenvalue weighted by atomic mass is 10.3. The van der Waals surface area contributed by atoms with Gasteiger partial charge in [0.1, 0.15) is 5.82 Å². The molecule has 1 aliphatic rings. The smallest absolute Gasteiger partial charge is 0.130 e. The van der Waals surface area contributed by atoms with E-state index in [9.17, 15) is 0 Å². The van der Waals surface area contributed by atoms with Gasteiger partial charge in [0.25, 0.3) is 0 Å². The molecule has 1 aromatic rings. The van der Waals surface area contributed by atoms with Gasteiger partial charge in [-0.15, -0.1) is 0 Å². The number of hydrogen-bond donors (Lipinski definition) is 1. The van der Waals surface area contributed by atoms with Crippen LogP contribution >= 0.6 is 0 Å². The highest BCUT2D eigenvalue weighted by Gasteiger charge is 2.19. The summed E-state index contributed by atoms with van der Waals surface area (Å²) in [6.07, 6.45) is 7.23. The Kier molecular flexibility index (Phi) is 4.25. The molecule has 0 amide bonds. The number of aromatic nitrogens is 2. The molecule has 1 aliphatic carbocycles. The number of ether oxygens (including phenoxy) is 1. The second kappa shape index (κ2) is 5.92. The predicted molar refractivity (Wildman–Crippen MR) is 62.1 cm³/mol. The Labute approximate surface area is 96.4 Å². The van der Waals surface area contributed by atoms with Gasteiger partial charge in [-0.2, -0.15) is 0 Å². The Hall–Kier alpha value is -1.00. The van der Waals surface area contributed by atoms with Gasteiger partial charge < -0.3 is 10.1 Å².